The Morgan fingerprint density at radius 1 is 1.18 bits per heavy atom. The van der Waals surface area contributed by atoms with Crippen molar-refractivity contribution in [2.45, 2.75) is 47.1 Å². The van der Waals surface area contributed by atoms with Gasteiger partial charge in [0, 0.05) is 0 Å². The molecule has 0 fully saturated rings. The van der Waals surface area contributed by atoms with E-state index in [1.165, 1.54) is 6.92 Å². The molecular formula is C13H25NO2S. The maximum absolute atomic E-state index is 11.6. The van der Waals surface area contributed by atoms with Crippen molar-refractivity contribution in [2.75, 3.05) is 11.5 Å². The summed E-state index contributed by atoms with van der Waals surface area (Å²) < 4.78 is 0. The summed E-state index contributed by atoms with van der Waals surface area (Å²) in [6, 6.07) is -0.340. The van der Waals surface area contributed by atoms with Crippen LogP contribution in [0.25, 0.3) is 0 Å². The first-order chi connectivity index (χ1) is 7.84. The van der Waals surface area contributed by atoms with Crippen LogP contribution < -0.4 is 5.32 Å². The molecule has 0 aliphatic carbocycles. The molecule has 1 N–H and O–H groups in total. The summed E-state index contributed by atoms with van der Waals surface area (Å²) in [7, 11) is 0. The van der Waals surface area contributed by atoms with Gasteiger partial charge in [0.25, 0.3) is 0 Å². The first kappa shape index (κ1) is 16.5. The molecule has 0 saturated carbocycles. The Morgan fingerprint density at radius 2 is 1.76 bits per heavy atom. The van der Waals surface area contributed by atoms with Crippen LogP contribution >= 0.6 is 11.8 Å². The number of Topliss-reactive ketones (excluding diaryl/α,β-unsaturated/α-hetero) is 1. The highest BCUT2D eigenvalue weighted by Gasteiger charge is 2.20. The summed E-state index contributed by atoms with van der Waals surface area (Å²) >= 11 is 1.63. The van der Waals surface area contributed by atoms with E-state index < -0.39 is 0 Å². The highest BCUT2D eigenvalue weighted by Crippen LogP contribution is 2.09. The first-order valence-electron chi connectivity index (χ1n) is 6.22. The minimum absolute atomic E-state index is 0.0283. The lowest BCUT2D eigenvalue weighted by atomic mass is 10.0. The van der Waals surface area contributed by atoms with E-state index >= 15 is 0 Å². The molecule has 100 valence electrons. The standard InChI is InChI=1S/C13H25NO2S/c1-9(2)6-7-17-8-12(16)14-13(10(3)4)11(5)15/h9-10,13H,6-8H2,1-5H3,(H,14,16). The van der Waals surface area contributed by atoms with E-state index in [1.807, 2.05) is 13.8 Å². The predicted octanol–water partition coefficient (Wildman–Crippen LogP) is 2.50. The molecule has 0 rings (SSSR count). The monoisotopic (exact) mass is 259 g/mol. The van der Waals surface area contributed by atoms with Crippen molar-refractivity contribution in [3.8, 4) is 0 Å². The Morgan fingerprint density at radius 3 is 2.18 bits per heavy atom. The van der Waals surface area contributed by atoms with Gasteiger partial charge in [-0.2, -0.15) is 11.8 Å². The van der Waals surface area contributed by atoms with Crippen LogP contribution in [-0.4, -0.2) is 29.2 Å². The summed E-state index contributed by atoms with van der Waals surface area (Å²) in [4.78, 5) is 22.9. The second-order valence-electron chi connectivity index (χ2n) is 5.13. The molecule has 0 aliphatic heterocycles. The molecule has 0 aromatic rings. The summed E-state index contributed by atoms with van der Waals surface area (Å²) in [5.41, 5.74) is 0. The van der Waals surface area contributed by atoms with Crippen molar-refractivity contribution < 1.29 is 9.59 Å². The fourth-order valence-corrected chi connectivity index (χ4v) is 2.49. The van der Waals surface area contributed by atoms with E-state index in [0.29, 0.717) is 11.7 Å². The molecule has 0 aromatic carbocycles. The number of ketones is 1. The SMILES string of the molecule is CC(=O)C(NC(=O)CSCCC(C)C)C(C)C. The lowest BCUT2D eigenvalue weighted by molar-refractivity contribution is -0.126. The van der Waals surface area contributed by atoms with E-state index in [1.54, 1.807) is 11.8 Å². The van der Waals surface area contributed by atoms with Gasteiger partial charge in [-0.15, -0.1) is 0 Å². The third-order valence-corrected chi connectivity index (χ3v) is 3.48. The molecular weight excluding hydrogens is 234 g/mol. The lowest BCUT2D eigenvalue weighted by Gasteiger charge is -2.19. The first-order valence-corrected chi connectivity index (χ1v) is 7.37. The van der Waals surface area contributed by atoms with Gasteiger partial charge in [0.15, 0.2) is 5.78 Å². The smallest absolute Gasteiger partial charge is 0.230 e. The summed E-state index contributed by atoms with van der Waals surface area (Å²) in [5, 5.41) is 2.79. The quantitative estimate of drug-likeness (QED) is 0.681. The molecule has 0 spiro atoms. The number of carbonyl (C=O) groups excluding carboxylic acids is 2. The van der Waals surface area contributed by atoms with Crippen LogP contribution in [-0.2, 0) is 9.59 Å². The van der Waals surface area contributed by atoms with Crippen molar-refractivity contribution in [2.24, 2.45) is 11.8 Å². The highest BCUT2D eigenvalue weighted by atomic mass is 32.2. The number of rotatable bonds is 8. The molecule has 3 nitrogen and oxygen atoms in total. The van der Waals surface area contributed by atoms with Gasteiger partial charge in [-0.05, 0) is 30.9 Å². The molecule has 17 heavy (non-hydrogen) atoms. The zero-order valence-electron chi connectivity index (χ0n) is 11.6. The van der Waals surface area contributed by atoms with Crippen molar-refractivity contribution in [1.29, 1.82) is 0 Å². The number of carbonyl (C=O) groups is 2. The molecule has 0 bridgehead atoms. The average Bonchev–Trinajstić information content (AvgIpc) is 2.19. The van der Waals surface area contributed by atoms with Crippen LogP contribution in [0.2, 0.25) is 0 Å². The van der Waals surface area contributed by atoms with Crippen molar-refractivity contribution in [1.82, 2.24) is 5.32 Å². The van der Waals surface area contributed by atoms with Gasteiger partial charge < -0.3 is 5.32 Å². The fourth-order valence-electron chi connectivity index (χ4n) is 1.44. The molecule has 1 amide bonds. The van der Waals surface area contributed by atoms with E-state index in [-0.39, 0.29) is 23.7 Å². The number of amides is 1. The van der Waals surface area contributed by atoms with Crippen LogP contribution in [0.4, 0.5) is 0 Å². The van der Waals surface area contributed by atoms with Crippen molar-refractivity contribution >= 4 is 23.5 Å². The van der Waals surface area contributed by atoms with Crippen LogP contribution in [0, 0.1) is 11.8 Å². The van der Waals surface area contributed by atoms with E-state index in [2.05, 4.69) is 19.2 Å². The number of hydrogen-bond donors (Lipinski definition) is 1. The van der Waals surface area contributed by atoms with E-state index in [0.717, 1.165) is 12.2 Å². The normalized spacial score (nSPS) is 12.9. The summed E-state index contributed by atoms with van der Waals surface area (Å²) in [6.45, 7) is 9.75. The van der Waals surface area contributed by atoms with E-state index in [9.17, 15) is 9.59 Å². The summed E-state index contributed by atoms with van der Waals surface area (Å²) in [5.74, 6) is 2.26. The molecule has 0 aromatic heterocycles. The van der Waals surface area contributed by atoms with Gasteiger partial charge in [-0.25, -0.2) is 0 Å². The predicted molar refractivity (Wildman–Crippen MR) is 74.2 cm³/mol. The Labute approximate surface area is 109 Å². The minimum Gasteiger partial charge on any atom is -0.345 e. The maximum Gasteiger partial charge on any atom is 0.230 e. The van der Waals surface area contributed by atoms with Crippen LogP contribution in [0.3, 0.4) is 0 Å². The van der Waals surface area contributed by atoms with Crippen LogP contribution in [0.15, 0.2) is 0 Å². The van der Waals surface area contributed by atoms with E-state index in [4.69, 9.17) is 0 Å². The Kier molecular flexibility index (Phi) is 8.30. The van der Waals surface area contributed by atoms with Crippen LogP contribution in [0.5, 0.6) is 0 Å². The zero-order chi connectivity index (χ0) is 13.4. The van der Waals surface area contributed by atoms with Gasteiger partial charge in [0.1, 0.15) is 0 Å². The van der Waals surface area contributed by atoms with Gasteiger partial charge in [-0.1, -0.05) is 27.7 Å². The third kappa shape index (κ3) is 8.25. The maximum atomic E-state index is 11.6. The zero-order valence-corrected chi connectivity index (χ0v) is 12.4. The minimum atomic E-state index is -0.340. The molecule has 1 atom stereocenters. The highest BCUT2D eigenvalue weighted by molar-refractivity contribution is 7.99. The van der Waals surface area contributed by atoms with Crippen molar-refractivity contribution in [3.63, 3.8) is 0 Å². The Bertz CT molecular complexity index is 252. The van der Waals surface area contributed by atoms with Gasteiger partial charge in [0.05, 0.1) is 11.8 Å². The second kappa shape index (κ2) is 8.56. The molecule has 0 saturated heterocycles. The second-order valence-corrected chi connectivity index (χ2v) is 6.24. The molecule has 0 radical (unpaired) electrons. The van der Waals surface area contributed by atoms with Crippen LogP contribution in [0.1, 0.15) is 41.0 Å². The van der Waals surface area contributed by atoms with Gasteiger partial charge in [0.2, 0.25) is 5.91 Å². The topological polar surface area (TPSA) is 46.2 Å². The molecule has 0 aliphatic rings. The lowest BCUT2D eigenvalue weighted by Crippen LogP contribution is -2.44. The largest absolute Gasteiger partial charge is 0.345 e. The average molecular weight is 259 g/mol. The fraction of sp³-hybridized carbons (Fsp3) is 0.846. The number of thioether (sulfide) groups is 1. The summed E-state index contributed by atoms with van der Waals surface area (Å²) in [6.07, 6.45) is 1.12. The van der Waals surface area contributed by atoms with Crippen molar-refractivity contribution in [3.05, 3.63) is 0 Å². The molecule has 0 heterocycles. The molecule has 1 unspecified atom stereocenters. The van der Waals surface area contributed by atoms with Gasteiger partial charge in [-0.3, -0.25) is 9.59 Å². The third-order valence-electron chi connectivity index (χ3n) is 2.49. The number of hydrogen-bond acceptors (Lipinski definition) is 3. The number of nitrogens with one attached hydrogen (secondary N) is 1. The van der Waals surface area contributed by atoms with Gasteiger partial charge >= 0.3 is 0 Å². The Hall–Kier alpha value is -0.510. The Balaban J connectivity index is 3.87. The molecule has 4 heteroatoms.